The zero-order chi connectivity index (χ0) is 23.8. The first kappa shape index (κ1) is 22.1. The second-order valence-corrected chi connectivity index (χ2v) is 8.27. The third-order valence-corrected chi connectivity index (χ3v) is 5.85. The number of benzene rings is 1. The lowest BCUT2D eigenvalue weighted by Gasteiger charge is -2.28. The van der Waals surface area contributed by atoms with E-state index in [-0.39, 0.29) is 24.2 Å². The van der Waals surface area contributed by atoms with E-state index in [0.29, 0.717) is 35.5 Å². The van der Waals surface area contributed by atoms with Gasteiger partial charge in [0.1, 0.15) is 18.0 Å². The minimum Gasteiger partial charge on any atom is -0.389 e. The van der Waals surface area contributed by atoms with Gasteiger partial charge in [0.2, 0.25) is 0 Å². The molecule has 9 nitrogen and oxygen atoms in total. The third kappa shape index (κ3) is 4.27. The number of amides is 1. The van der Waals surface area contributed by atoms with Gasteiger partial charge < -0.3 is 15.2 Å². The fourth-order valence-corrected chi connectivity index (χ4v) is 4.08. The monoisotopic (exact) mass is 468 g/mol. The molecule has 0 spiro atoms. The Bertz CT molecular complexity index is 1350. The lowest BCUT2D eigenvalue weighted by Crippen LogP contribution is -2.48. The maximum atomic E-state index is 14.9. The van der Waals surface area contributed by atoms with Crippen LogP contribution in [0.5, 0.6) is 0 Å². The number of pyridine rings is 1. The van der Waals surface area contributed by atoms with Gasteiger partial charge >= 0.3 is 0 Å². The molecule has 2 N–H and O–H groups in total. The van der Waals surface area contributed by atoms with Gasteiger partial charge in [-0.15, -0.1) is 0 Å². The number of fused-ring (bicyclic) bond motifs is 1. The summed E-state index contributed by atoms with van der Waals surface area (Å²) >= 11 is 0. The second kappa shape index (κ2) is 8.92. The predicted molar refractivity (Wildman–Crippen MR) is 117 cm³/mol. The van der Waals surface area contributed by atoms with Crippen molar-refractivity contribution in [2.45, 2.75) is 25.0 Å². The van der Waals surface area contributed by atoms with E-state index in [9.17, 15) is 18.7 Å². The Morgan fingerprint density at radius 3 is 2.79 bits per heavy atom. The molecule has 1 aliphatic heterocycles. The lowest BCUT2D eigenvalue weighted by molar-refractivity contribution is -0.0260. The van der Waals surface area contributed by atoms with Gasteiger partial charge in [-0.3, -0.25) is 9.48 Å². The first-order valence-corrected chi connectivity index (χ1v) is 10.8. The molecule has 4 heterocycles. The predicted octanol–water partition coefficient (Wildman–Crippen LogP) is 1.88. The molecule has 11 heteroatoms. The summed E-state index contributed by atoms with van der Waals surface area (Å²) in [7, 11) is 1.72. The number of aliphatic hydroxyl groups excluding tert-OH is 1. The SMILES string of the molecule is Cn1ccc(-c2cc(F)c(Cc3cc(C(=O)N[C@H]4CCOC[C@@H]4O)c4ncnn4c3)c(F)c2)n1. The van der Waals surface area contributed by atoms with Gasteiger partial charge in [0.15, 0.2) is 5.65 Å². The zero-order valence-corrected chi connectivity index (χ0v) is 18.3. The number of aliphatic hydroxyl groups is 1. The highest BCUT2D eigenvalue weighted by atomic mass is 19.1. The van der Waals surface area contributed by atoms with Crippen LogP contribution in [0.25, 0.3) is 16.9 Å². The summed E-state index contributed by atoms with van der Waals surface area (Å²) in [6.07, 6.45) is 4.11. The first-order chi connectivity index (χ1) is 16.4. The van der Waals surface area contributed by atoms with Gasteiger partial charge in [-0.05, 0) is 36.2 Å². The number of nitrogens with one attached hydrogen (secondary N) is 1. The van der Waals surface area contributed by atoms with Crippen molar-refractivity contribution < 1.29 is 23.4 Å². The Morgan fingerprint density at radius 2 is 2.09 bits per heavy atom. The topological polar surface area (TPSA) is 107 Å². The Hall–Kier alpha value is -3.70. The van der Waals surface area contributed by atoms with E-state index in [4.69, 9.17) is 4.74 Å². The molecule has 1 amide bonds. The number of aryl methyl sites for hydroxylation is 1. The molecule has 5 rings (SSSR count). The van der Waals surface area contributed by atoms with E-state index >= 15 is 0 Å². The molecule has 0 aliphatic carbocycles. The van der Waals surface area contributed by atoms with Crippen LogP contribution in [0.4, 0.5) is 8.78 Å². The zero-order valence-electron chi connectivity index (χ0n) is 18.3. The summed E-state index contributed by atoms with van der Waals surface area (Å²) in [6, 6.07) is 5.23. The van der Waals surface area contributed by atoms with Crippen LogP contribution in [-0.4, -0.2) is 60.8 Å². The number of rotatable bonds is 5. The van der Waals surface area contributed by atoms with Crippen molar-refractivity contribution in [1.29, 1.82) is 0 Å². The number of ether oxygens (including phenoxy) is 1. The Balaban J connectivity index is 1.45. The van der Waals surface area contributed by atoms with Crippen LogP contribution >= 0.6 is 0 Å². The van der Waals surface area contributed by atoms with Crippen molar-refractivity contribution in [3.63, 3.8) is 0 Å². The summed E-state index contributed by atoms with van der Waals surface area (Å²) in [5.74, 6) is -1.89. The molecular weight excluding hydrogens is 446 g/mol. The van der Waals surface area contributed by atoms with Crippen molar-refractivity contribution in [3.8, 4) is 11.3 Å². The van der Waals surface area contributed by atoms with Crippen molar-refractivity contribution in [1.82, 2.24) is 29.7 Å². The fourth-order valence-electron chi connectivity index (χ4n) is 4.08. The van der Waals surface area contributed by atoms with Gasteiger partial charge in [-0.1, -0.05) is 0 Å². The third-order valence-electron chi connectivity index (χ3n) is 5.85. The molecule has 1 fully saturated rings. The normalized spacial score (nSPS) is 18.4. The van der Waals surface area contributed by atoms with Gasteiger partial charge in [0, 0.05) is 43.6 Å². The first-order valence-electron chi connectivity index (χ1n) is 10.8. The highest BCUT2D eigenvalue weighted by Crippen LogP contribution is 2.26. The number of hydrogen-bond donors (Lipinski definition) is 2. The van der Waals surface area contributed by atoms with Gasteiger partial charge in [0.25, 0.3) is 5.91 Å². The molecule has 2 atom stereocenters. The van der Waals surface area contributed by atoms with E-state index in [2.05, 4.69) is 20.5 Å². The molecule has 1 saturated heterocycles. The molecule has 0 radical (unpaired) electrons. The molecule has 1 aromatic carbocycles. The van der Waals surface area contributed by atoms with E-state index in [0.717, 1.165) is 0 Å². The second-order valence-electron chi connectivity index (χ2n) is 8.27. The molecule has 1 aliphatic rings. The number of halogens is 2. The van der Waals surface area contributed by atoms with Crippen molar-refractivity contribution in [2.75, 3.05) is 13.2 Å². The summed E-state index contributed by atoms with van der Waals surface area (Å²) < 4.78 is 38.0. The van der Waals surface area contributed by atoms with Crippen LogP contribution in [0, 0.1) is 11.6 Å². The Kier molecular flexibility index (Phi) is 5.80. The van der Waals surface area contributed by atoms with E-state index in [1.165, 1.54) is 29.0 Å². The molecule has 0 unspecified atom stereocenters. The van der Waals surface area contributed by atoms with Crippen LogP contribution in [-0.2, 0) is 18.2 Å². The van der Waals surface area contributed by atoms with Gasteiger partial charge in [-0.25, -0.2) is 18.3 Å². The summed E-state index contributed by atoms with van der Waals surface area (Å²) in [5.41, 5.74) is 1.63. The van der Waals surface area contributed by atoms with Crippen LogP contribution in [0.2, 0.25) is 0 Å². The fraction of sp³-hybridized carbons (Fsp3) is 0.304. The van der Waals surface area contributed by atoms with E-state index < -0.39 is 29.7 Å². The lowest BCUT2D eigenvalue weighted by atomic mass is 10.0. The maximum Gasteiger partial charge on any atom is 0.255 e. The van der Waals surface area contributed by atoms with Gasteiger partial charge in [-0.2, -0.15) is 10.2 Å². The van der Waals surface area contributed by atoms with Crippen LogP contribution in [0.3, 0.4) is 0 Å². The van der Waals surface area contributed by atoms with Crippen LogP contribution < -0.4 is 5.32 Å². The Labute approximate surface area is 193 Å². The van der Waals surface area contributed by atoms with Gasteiger partial charge in [0.05, 0.1) is 30.0 Å². The average Bonchev–Trinajstić information content (AvgIpc) is 3.46. The molecule has 34 heavy (non-hydrogen) atoms. The summed E-state index contributed by atoms with van der Waals surface area (Å²) in [4.78, 5) is 17.1. The molecule has 4 aromatic rings. The van der Waals surface area contributed by atoms with E-state index in [1.54, 1.807) is 30.2 Å². The number of aromatic nitrogens is 5. The molecule has 176 valence electrons. The molecule has 0 saturated carbocycles. The highest BCUT2D eigenvalue weighted by Gasteiger charge is 2.27. The standard InChI is InChI=1S/C23H22F2N6O3/c1-30-4-2-19(29-30)14-8-17(24)15(18(25)9-14)6-13-7-16(22-26-12-27-31(22)10-13)23(33)28-20-3-5-34-11-21(20)32/h2,4,7-10,12,20-21,32H,3,5-6,11H2,1H3,(H,28,33)/t20-,21-/m0/s1. The van der Waals surface area contributed by atoms with Crippen molar-refractivity contribution in [3.05, 3.63) is 71.3 Å². The number of carbonyl (C=O) groups is 1. The molecular formula is C23H22F2N6O3. The minimum absolute atomic E-state index is 0.101. The summed E-state index contributed by atoms with van der Waals surface area (Å²) in [6.45, 7) is 0.563. The highest BCUT2D eigenvalue weighted by molar-refractivity contribution is 6.00. The summed E-state index contributed by atoms with van der Waals surface area (Å²) in [5, 5.41) is 21.2. The maximum absolute atomic E-state index is 14.9. The number of carbonyl (C=O) groups excluding carboxylic acids is 1. The van der Waals surface area contributed by atoms with Crippen LogP contribution in [0.1, 0.15) is 27.9 Å². The van der Waals surface area contributed by atoms with Crippen molar-refractivity contribution >= 4 is 11.6 Å². The quantitative estimate of drug-likeness (QED) is 0.463. The van der Waals surface area contributed by atoms with E-state index in [1.807, 2.05) is 0 Å². The number of nitrogens with zero attached hydrogens (tertiary/aromatic N) is 5. The average molecular weight is 468 g/mol. The largest absolute Gasteiger partial charge is 0.389 e. The smallest absolute Gasteiger partial charge is 0.255 e. The van der Waals surface area contributed by atoms with Crippen molar-refractivity contribution in [2.24, 2.45) is 7.05 Å². The number of hydrogen-bond acceptors (Lipinski definition) is 6. The Morgan fingerprint density at radius 1 is 1.29 bits per heavy atom. The van der Waals surface area contributed by atoms with Crippen LogP contribution in [0.15, 0.2) is 43.0 Å². The molecule has 3 aromatic heterocycles. The molecule has 0 bridgehead atoms. The minimum atomic E-state index is -0.824.